The van der Waals surface area contributed by atoms with E-state index >= 15 is 0 Å². The fourth-order valence-corrected chi connectivity index (χ4v) is 1.40. The number of carbonyl (C=O) groups is 1. The van der Waals surface area contributed by atoms with Gasteiger partial charge in [0.2, 0.25) is 0 Å². The Balaban J connectivity index is 2.71. The standard InChI is InChI=1S/C9H8O3S/c1-12-4-2-3-7-5-8(9(10)11)13-6-7/h5-6H,4H2,1H3,(H,10,11). The smallest absolute Gasteiger partial charge is 0.345 e. The van der Waals surface area contributed by atoms with Crippen molar-refractivity contribution in [2.75, 3.05) is 13.7 Å². The molecule has 13 heavy (non-hydrogen) atoms. The van der Waals surface area contributed by atoms with E-state index in [1.807, 2.05) is 0 Å². The number of ether oxygens (including phenoxy) is 1. The van der Waals surface area contributed by atoms with E-state index in [1.165, 1.54) is 11.3 Å². The van der Waals surface area contributed by atoms with Gasteiger partial charge in [0.25, 0.3) is 0 Å². The van der Waals surface area contributed by atoms with Crippen molar-refractivity contribution < 1.29 is 14.6 Å². The zero-order chi connectivity index (χ0) is 9.68. The lowest BCUT2D eigenvalue weighted by atomic mass is 10.3. The Labute approximate surface area is 80.0 Å². The zero-order valence-electron chi connectivity index (χ0n) is 7.03. The highest BCUT2D eigenvalue weighted by molar-refractivity contribution is 7.12. The average molecular weight is 196 g/mol. The molecule has 1 rings (SSSR count). The first kappa shape index (κ1) is 9.78. The molecule has 0 atom stereocenters. The van der Waals surface area contributed by atoms with Crippen LogP contribution in [-0.4, -0.2) is 24.8 Å². The monoisotopic (exact) mass is 196 g/mol. The van der Waals surface area contributed by atoms with Gasteiger partial charge in [-0.15, -0.1) is 11.3 Å². The fraction of sp³-hybridized carbons (Fsp3) is 0.222. The van der Waals surface area contributed by atoms with Crippen molar-refractivity contribution >= 4 is 17.3 Å². The van der Waals surface area contributed by atoms with Crippen molar-refractivity contribution in [1.82, 2.24) is 0 Å². The van der Waals surface area contributed by atoms with Gasteiger partial charge < -0.3 is 9.84 Å². The third-order valence-electron chi connectivity index (χ3n) is 1.26. The molecular formula is C9H8O3S. The molecule has 0 fully saturated rings. The van der Waals surface area contributed by atoms with E-state index in [9.17, 15) is 4.79 Å². The fourth-order valence-electron chi connectivity index (χ4n) is 0.724. The minimum atomic E-state index is -0.912. The van der Waals surface area contributed by atoms with Gasteiger partial charge in [-0.2, -0.15) is 0 Å². The largest absolute Gasteiger partial charge is 0.477 e. The van der Waals surface area contributed by atoms with Crippen LogP contribution < -0.4 is 0 Å². The van der Waals surface area contributed by atoms with E-state index in [0.717, 1.165) is 5.56 Å². The van der Waals surface area contributed by atoms with E-state index in [-0.39, 0.29) is 0 Å². The summed E-state index contributed by atoms with van der Waals surface area (Å²) in [4.78, 5) is 10.8. The Kier molecular flexibility index (Phi) is 3.50. The van der Waals surface area contributed by atoms with Crippen LogP contribution in [0, 0.1) is 11.8 Å². The minimum Gasteiger partial charge on any atom is -0.477 e. The van der Waals surface area contributed by atoms with Crippen LogP contribution in [0.5, 0.6) is 0 Å². The summed E-state index contributed by atoms with van der Waals surface area (Å²) in [7, 11) is 1.56. The highest BCUT2D eigenvalue weighted by Gasteiger charge is 2.04. The van der Waals surface area contributed by atoms with Gasteiger partial charge in [-0.25, -0.2) is 4.79 Å². The summed E-state index contributed by atoms with van der Waals surface area (Å²) < 4.78 is 4.73. The second-order valence-electron chi connectivity index (χ2n) is 2.24. The van der Waals surface area contributed by atoms with E-state index in [1.54, 1.807) is 18.6 Å². The van der Waals surface area contributed by atoms with Crippen LogP contribution in [-0.2, 0) is 4.74 Å². The Morgan fingerprint density at radius 2 is 2.54 bits per heavy atom. The topological polar surface area (TPSA) is 46.5 Å². The van der Waals surface area contributed by atoms with Gasteiger partial charge in [-0.05, 0) is 6.07 Å². The first-order valence-corrected chi connectivity index (χ1v) is 4.41. The second kappa shape index (κ2) is 4.65. The summed E-state index contributed by atoms with van der Waals surface area (Å²) in [6.07, 6.45) is 0. The van der Waals surface area contributed by atoms with Gasteiger partial charge in [-0.3, -0.25) is 0 Å². The summed E-state index contributed by atoms with van der Waals surface area (Å²) in [6, 6.07) is 1.55. The molecule has 0 aliphatic heterocycles. The molecule has 0 saturated carbocycles. The highest BCUT2D eigenvalue weighted by atomic mass is 32.1. The van der Waals surface area contributed by atoms with E-state index in [4.69, 9.17) is 9.84 Å². The minimum absolute atomic E-state index is 0.307. The van der Waals surface area contributed by atoms with Gasteiger partial charge in [0, 0.05) is 18.1 Å². The first-order chi connectivity index (χ1) is 6.24. The number of rotatable bonds is 2. The van der Waals surface area contributed by atoms with Crippen LogP contribution in [0.1, 0.15) is 15.2 Å². The lowest BCUT2D eigenvalue weighted by Crippen LogP contribution is -1.89. The molecule has 0 unspecified atom stereocenters. The van der Waals surface area contributed by atoms with Crippen molar-refractivity contribution in [3.63, 3.8) is 0 Å². The Hall–Kier alpha value is -1.31. The molecule has 0 aliphatic rings. The SMILES string of the molecule is COCC#Cc1csc(C(=O)O)c1. The molecule has 68 valence electrons. The Bertz CT molecular complexity index is 356. The van der Waals surface area contributed by atoms with Crippen molar-refractivity contribution in [2.24, 2.45) is 0 Å². The van der Waals surface area contributed by atoms with Crippen LogP contribution in [0.2, 0.25) is 0 Å². The lowest BCUT2D eigenvalue weighted by Gasteiger charge is -1.82. The summed E-state index contributed by atoms with van der Waals surface area (Å²) >= 11 is 1.17. The molecule has 1 N–H and O–H groups in total. The van der Waals surface area contributed by atoms with E-state index < -0.39 is 5.97 Å². The molecule has 4 heteroatoms. The number of hydrogen-bond acceptors (Lipinski definition) is 3. The maximum Gasteiger partial charge on any atom is 0.345 e. The number of methoxy groups -OCH3 is 1. The summed E-state index contributed by atoms with van der Waals surface area (Å²) in [5.74, 6) is 4.63. The maximum absolute atomic E-state index is 10.5. The van der Waals surface area contributed by atoms with E-state index in [2.05, 4.69) is 11.8 Å². The summed E-state index contributed by atoms with van der Waals surface area (Å²) in [6.45, 7) is 0.359. The quantitative estimate of drug-likeness (QED) is 0.728. The molecule has 1 heterocycles. The zero-order valence-corrected chi connectivity index (χ0v) is 7.85. The van der Waals surface area contributed by atoms with Crippen LogP contribution in [0.4, 0.5) is 0 Å². The van der Waals surface area contributed by atoms with Crippen LogP contribution >= 0.6 is 11.3 Å². The molecule has 0 aliphatic carbocycles. The number of thiophene rings is 1. The number of hydrogen-bond donors (Lipinski definition) is 1. The van der Waals surface area contributed by atoms with Crippen molar-refractivity contribution in [3.8, 4) is 11.8 Å². The van der Waals surface area contributed by atoms with Gasteiger partial charge in [0.05, 0.1) is 0 Å². The molecule has 1 aromatic rings. The van der Waals surface area contributed by atoms with Crippen molar-refractivity contribution in [2.45, 2.75) is 0 Å². The third-order valence-corrected chi connectivity index (χ3v) is 2.18. The molecule has 1 aromatic heterocycles. The Morgan fingerprint density at radius 1 is 1.77 bits per heavy atom. The predicted molar refractivity (Wildman–Crippen MR) is 50.0 cm³/mol. The predicted octanol–water partition coefficient (Wildman–Crippen LogP) is 1.44. The van der Waals surface area contributed by atoms with Crippen molar-refractivity contribution in [3.05, 3.63) is 21.9 Å². The summed E-state index contributed by atoms with van der Waals surface area (Å²) in [5.41, 5.74) is 0.722. The first-order valence-electron chi connectivity index (χ1n) is 3.53. The van der Waals surface area contributed by atoms with Crippen LogP contribution in [0.25, 0.3) is 0 Å². The summed E-state index contributed by atoms with van der Waals surface area (Å²) in [5, 5.41) is 10.3. The lowest BCUT2D eigenvalue weighted by molar-refractivity contribution is 0.0702. The second-order valence-corrected chi connectivity index (χ2v) is 3.15. The molecular weight excluding hydrogens is 188 g/mol. The van der Waals surface area contributed by atoms with Gasteiger partial charge in [0.1, 0.15) is 11.5 Å². The molecule has 0 bridgehead atoms. The third kappa shape index (κ3) is 2.90. The van der Waals surface area contributed by atoms with Gasteiger partial charge in [0.15, 0.2) is 0 Å². The molecule has 0 aromatic carbocycles. The normalized spacial score (nSPS) is 9.00. The highest BCUT2D eigenvalue weighted by Crippen LogP contribution is 2.13. The number of carboxylic acids is 1. The average Bonchev–Trinajstić information content (AvgIpc) is 2.53. The molecule has 0 amide bonds. The molecule has 0 radical (unpaired) electrons. The van der Waals surface area contributed by atoms with Gasteiger partial charge >= 0.3 is 5.97 Å². The van der Waals surface area contributed by atoms with Crippen LogP contribution in [0.3, 0.4) is 0 Å². The maximum atomic E-state index is 10.5. The van der Waals surface area contributed by atoms with Crippen molar-refractivity contribution in [1.29, 1.82) is 0 Å². The van der Waals surface area contributed by atoms with Crippen LogP contribution in [0.15, 0.2) is 11.4 Å². The Morgan fingerprint density at radius 3 is 3.08 bits per heavy atom. The molecule has 0 saturated heterocycles. The number of carboxylic acid groups (broad SMARTS) is 1. The molecule has 0 spiro atoms. The van der Waals surface area contributed by atoms with Gasteiger partial charge in [-0.1, -0.05) is 11.8 Å². The number of aromatic carboxylic acids is 1. The van der Waals surface area contributed by atoms with E-state index in [0.29, 0.717) is 11.5 Å². The molecule has 3 nitrogen and oxygen atoms in total.